The number of hydrogen-bond acceptors (Lipinski definition) is 5. The van der Waals surface area contributed by atoms with Gasteiger partial charge < -0.3 is 13.4 Å². The molecule has 1 atom stereocenters. The highest BCUT2D eigenvalue weighted by molar-refractivity contribution is 5.83. The van der Waals surface area contributed by atoms with E-state index >= 15 is 0 Å². The van der Waals surface area contributed by atoms with Gasteiger partial charge in [-0.3, -0.25) is 4.90 Å². The number of para-hydroxylation sites is 1. The number of fused-ring (bicyclic) bond motifs is 1. The van der Waals surface area contributed by atoms with Crippen molar-refractivity contribution in [3.05, 3.63) is 60.3 Å². The number of nitrogens with zero attached hydrogens (tertiary/aromatic N) is 4. The average Bonchev–Trinajstić information content (AvgIpc) is 3.43. The summed E-state index contributed by atoms with van der Waals surface area (Å²) in [5.41, 5.74) is 2.64. The normalized spacial score (nSPS) is 18.1. The summed E-state index contributed by atoms with van der Waals surface area (Å²) in [6.45, 7) is 2.91. The maximum Gasteiger partial charge on any atom is 0.283 e. The van der Waals surface area contributed by atoms with Crippen molar-refractivity contribution in [1.29, 1.82) is 0 Å². The van der Waals surface area contributed by atoms with Gasteiger partial charge in [-0.1, -0.05) is 18.2 Å². The van der Waals surface area contributed by atoms with Gasteiger partial charge in [0.2, 0.25) is 5.89 Å². The predicted molar refractivity (Wildman–Crippen MR) is 97.6 cm³/mol. The van der Waals surface area contributed by atoms with Crippen LogP contribution in [0.1, 0.15) is 23.8 Å². The Kier molecular flexibility index (Phi) is 3.64. The Hall–Kier alpha value is -2.86. The van der Waals surface area contributed by atoms with E-state index in [4.69, 9.17) is 8.83 Å². The molecule has 1 saturated heterocycles. The van der Waals surface area contributed by atoms with E-state index in [0.717, 1.165) is 26.1 Å². The number of hydrogen-bond donors (Lipinski definition) is 0. The maximum atomic E-state index is 5.84. The van der Waals surface area contributed by atoms with E-state index in [-0.39, 0.29) is 5.92 Å². The summed E-state index contributed by atoms with van der Waals surface area (Å²) in [7, 11) is 2.10. The van der Waals surface area contributed by atoms with Crippen LogP contribution in [0.15, 0.2) is 57.7 Å². The van der Waals surface area contributed by atoms with Crippen LogP contribution in [0.5, 0.6) is 0 Å². The Morgan fingerprint density at radius 1 is 1.15 bits per heavy atom. The minimum absolute atomic E-state index is 0.279. The molecule has 3 aromatic heterocycles. The van der Waals surface area contributed by atoms with Crippen molar-refractivity contribution in [2.24, 2.45) is 7.05 Å². The molecule has 1 unspecified atom stereocenters. The average molecular weight is 348 g/mol. The molecule has 0 amide bonds. The summed E-state index contributed by atoms with van der Waals surface area (Å²) in [6, 6.07) is 12.2. The number of likely N-dealkylation sites (tertiary alicyclic amines) is 1. The van der Waals surface area contributed by atoms with Crippen molar-refractivity contribution < 1.29 is 8.83 Å². The van der Waals surface area contributed by atoms with Crippen LogP contribution in [0.4, 0.5) is 0 Å². The van der Waals surface area contributed by atoms with Gasteiger partial charge >= 0.3 is 0 Å². The SMILES string of the molecule is Cn1cc(CN2CCC(c3nnc(-c4ccco4)o3)C2)c2ccccc21. The zero-order valence-corrected chi connectivity index (χ0v) is 14.6. The fraction of sp³-hybridized carbons (Fsp3) is 0.300. The Morgan fingerprint density at radius 3 is 2.96 bits per heavy atom. The van der Waals surface area contributed by atoms with Crippen LogP contribution in [0.2, 0.25) is 0 Å². The van der Waals surface area contributed by atoms with E-state index < -0.39 is 0 Å². The summed E-state index contributed by atoms with van der Waals surface area (Å²) in [6.07, 6.45) is 4.88. The summed E-state index contributed by atoms with van der Waals surface area (Å²) < 4.78 is 13.4. The van der Waals surface area contributed by atoms with Crippen LogP contribution in [-0.2, 0) is 13.6 Å². The van der Waals surface area contributed by atoms with Gasteiger partial charge in [0.15, 0.2) is 5.76 Å². The van der Waals surface area contributed by atoms with Crippen LogP contribution in [0, 0.1) is 0 Å². The number of aromatic nitrogens is 3. The van der Waals surface area contributed by atoms with Crippen LogP contribution in [0.3, 0.4) is 0 Å². The molecule has 4 heterocycles. The Bertz CT molecular complexity index is 1030. The molecule has 4 aromatic rings. The molecule has 6 nitrogen and oxygen atoms in total. The lowest BCUT2D eigenvalue weighted by molar-refractivity contribution is 0.321. The minimum Gasteiger partial charge on any atom is -0.459 e. The molecule has 5 rings (SSSR count). The Balaban J connectivity index is 1.31. The number of aryl methyl sites for hydroxylation is 1. The number of benzene rings is 1. The van der Waals surface area contributed by atoms with Crippen LogP contribution < -0.4 is 0 Å². The second kappa shape index (κ2) is 6.14. The molecule has 1 aliphatic rings. The molecule has 0 aliphatic carbocycles. The quantitative estimate of drug-likeness (QED) is 0.561. The zero-order chi connectivity index (χ0) is 17.5. The molecule has 26 heavy (non-hydrogen) atoms. The summed E-state index contributed by atoms with van der Waals surface area (Å²) in [5.74, 6) is 2.06. The van der Waals surface area contributed by atoms with Gasteiger partial charge in [0.25, 0.3) is 5.89 Å². The highest BCUT2D eigenvalue weighted by Gasteiger charge is 2.29. The second-order valence-electron chi connectivity index (χ2n) is 6.93. The molecule has 0 radical (unpaired) electrons. The van der Waals surface area contributed by atoms with Gasteiger partial charge in [0.05, 0.1) is 12.2 Å². The third-order valence-corrected chi connectivity index (χ3v) is 5.17. The molecular formula is C20H20N4O2. The molecular weight excluding hydrogens is 328 g/mol. The first-order valence-corrected chi connectivity index (χ1v) is 8.90. The van der Waals surface area contributed by atoms with E-state index in [9.17, 15) is 0 Å². The molecule has 0 bridgehead atoms. The molecule has 0 saturated carbocycles. The smallest absolute Gasteiger partial charge is 0.283 e. The molecule has 1 fully saturated rings. The highest BCUT2D eigenvalue weighted by Crippen LogP contribution is 2.31. The standard InChI is InChI=1S/C20H20N4O2/c1-23-11-15(16-5-2-3-6-17(16)23)13-24-9-8-14(12-24)19-21-22-20(26-19)18-7-4-10-25-18/h2-7,10-11,14H,8-9,12-13H2,1H3. The minimum atomic E-state index is 0.279. The van der Waals surface area contributed by atoms with Gasteiger partial charge in [0.1, 0.15) is 0 Å². The highest BCUT2D eigenvalue weighted by atomic mass is 16.4. The largest absolute Gasteiger partial charge is 0.459 e. The van der Waals surface area contributed by atoms with Gasteiger partial charge in [0, 0.05) is 37.2 Å². The predicted octanol–water partition coefficient (Wildman–Crippen LogP) is 3.81. The first-order chi connectivity index (χ1) is 12.8. The lowest BCUT2D eigenvalue weighted by atomic mass is 10.1. The maximum absolute atomic E-state index is 5.84. The van der Waals surface area contributed by atoms with Crippen molar-refractivity contribution in [3.63, 3.8) is 0 Å². The molecule has 132 valence electrons. The monoisotopic (exact) mass is 348 g/mol. The first kappa shape index (κ1) is 15.4. The zero-order valence-electron chi connectivity index (χ0n) is 14.6. The van der Waals surface area contributed by atoms with Gasteiger partial charge in [-0.15, -0.1) is 10.2 Å². The van der Waals surface area contributed by atoms with Crippen LogP contribution in [0.25, 0.3) is 22.6 Å². The molecule has 1 aromatic carbocycles. The lowest BCUT2D eigenvalue weighted by Crippen LogP contribution is -2.19. The van der Waals surface area contributed by atoms with Crippen molar-refractivity contribution in [2.75, 3.05) is 13.1 Å². The van der Waals surface area contributed by atoms with E-state index in [2.05, 4.69) is 57.2 Å². The third-order valence-electron chi connectivity index (χ3n) is 5.17. The molecule has 1 aliphatic heterocycles. The fourth-order valence-electron chi connectivity index (χ4n) is 3.87. The summed E-state index contributed by atoms with van der Waals surface area (Å²) in [4.78, 5) is 2.46. The van der Waals surface area contributed by atoms with E-state index in [1.165, 1.54) is 16.5 Å². The van der Waals surface area contributed by atoms with Gasteiger partial charge in [-0.05, 0) is 36.7 Å². The fourth-order valence-corrected chi connectivity index (χ4v) is 3.87. The molecule has 0 N–H and O–H groups in total. The van der Waals surface area contributed by atoms with Crippen molar-refractivity contribution >= 4 is 10.9 Å². The summed E-state index contributed by atoms with van der Waals surface area (Å²) in [5, 5.41) is 9.70. The van der Waals surface area contributed by atoms with Gasteiger partial charge in [-0.25, -0.2) is 0 Å². The molecule has 0 spiro atoms. The van der Waals surface area contributed by atoms with E-state index in [1.54, 1.807) is 6.26 Å². The number of rotatable bonds is 4. The second-order valence-corrected chi connectivity index (χ2v) is 6.93. The Labute approximate surface area is 151 Å². The van der Waals surface area contributed by atoms with Crippen LogP contribution >= 0.6 is 0 Å². The third kappa shape index (κ3) is 2.63. The molecule has 6 heteroatoms. The number of furan rings is 1. The Morgan fingerprint density at radius 2 is 2.08 bits per heavy atom. The lowest BCUT2D eigenvalue weighted by Gasteiger charge is -2.14. The van der Waals surface area contributed by atoms with Crippen molar-refractivity contribution in [1.82, 2.24) is 19.7 Å². The van der Waals surface area contributed by atoms with Crippen molar-refractivity contribution in [3.8, 4) is 11.7 Å². The van der Waals surface area contributed by atoms with Crippen LogP contribution in [-0.4, -0.2) is 32.8 Å². The first-order valence-electron chi connectivity index (χ1n) is 8.90. The topological polar surface area (TPSA) is 60.2 Å². The van der Waals surface area contributed by atoms with E-state index in [1.807, 2.05) is 12.1 Å². The summed E-state index contributed by atoms with van der Waals surface area (Å²) >= 11 is 0. The van der Waals surface area contributed by atoms with E-state index in [0.29, 0.717) is 17.5 Å². The van der Waals surface area contributed by atoms with Crippen molar-refractivity contribution in [2.45, 2.75) is 18.9 Å². The van der Waals surface area contributed by atoms with Gasteiger partial charge in [-0.2, -0.15) is 0 Å².